The maximum Gasteiger partial charge on any atom is 0.336 e. The summed E-state index contributed by atoms with van der Waals surface area (Å²) in [6, 6.07) is 17.3. The topological polar surface area (TPSA) is 104 Å². The van der Waals surface area contributed by atoms with E-state index >= 15 is 0 Å². The molecule has 0 heterocycles. The van der Waals surface area contributed by atoms with Gasteiger partial charge in [0, 0.05) is 16.3 Å². The number of nitrogens with zero attached hydrogens (tertiary/aromatic N) is 1. The van der Waals surface area contributed by atoms with E-state index in [0.29, 0.717) is 27.3 Å². The Kier molecular flexibility index (Phi) is 3.76. The predicted molar refractivity (Wildman–Crippen MR) is 112 cm³/mol. The zero-order valence-electron chi connectivity index (χ0n) is 15.4. The molecule has 30 heavy (non-hydrogen) atoms. The number of carboxylic acid groups (broad SMARTS) is 1. The third kappa shape index (κ3) is 2.51. The van der Waals surface area contributed by atoms with Crippen LogP contribution in [-0.4, -0.2) is 22.1 Å². The molecule has 0 aliphatic heterocycles. The second-order valence-electron chi connectivity index (χ2n) is 7.00. The number of rotatable bonds is 2. The Balaban J connectivity index is 1.90. The van der Waals surface area contributed by atoms with E-state index in [1.165, 1.54) is 30.3 Å². The molecule has 2 aliphatic carbocycles. The molecule has 6 heteroatoms. The number of carbonyl (C=O) groups excluding carboxylic acids is 1. The van der Waals surface area contributed by atoms with Gasteiger partial charge in [-0.3, -0.25) is 9.59 Å². The van der Waals surface area contributed by atoms with Crippen molar-refractivity contribution < 1.29 is 19.8 Å². The summed E-state index contributed by atoms with van der Waals surface area (Å²) in [7, 11) is 0. The summed E-state index contributed by atoms with van der Waals surface area (Å²) in [6.45, 7) is 0. The molecule has 0 aromatic heterocycles. The molecule has 0 spiro atoms. The second-order valence-corrected chi connectivity index (χ2v) is 7.00. The number of benzene rings is 5. The largest absolute Gasteiger partial charge is 0.507 e. The molecule has 0 radical (unpaired) electrons. The highest BCUT2D eigenvalue weighted by molar-refractivity contribution is 6.16. The average molecular weight is 395 g/mol. The zero-order valence-corrected chi connectivity index (χ0v) is 15.4. The molecule has 0 saturated carbocycles. The Morgan fingerprint density at radius 3 is 2.33 bits per heavy atom. The van der Waals surface area contributed by atoms with E-state index in [4.69, 9.17) is 0 Å². The average Bonchev–Trinajstić information content (AvgIpc) is 2.74. The fourth-order valence-electron chi connectivity index (χ4n) is 3.96. The SMILES string of the molecule is O=C(O)c1ccccc1C(=O)N=c1cc2ccc(=O)c3ccc4ccc(O)c1c4c3-2. The first-order valence-corrected chi connectivity index (χ1v) is 9.14. The normalized spacial score (nSPS) is 12.2. The van der Waals surface area contributed by atoms with Crippen LogP contribution in [0.3, 0.4) is 0 Å². The maximum atomic E-state index is 12.9. The summed E-state index contributed by atoms with van der Waals surface area (Å²) >= 11 is 0. The molecular formula is C24H13NO5. The van der Waals surface area contributed by atoms with Crippen molar-refractivity contribution in [1.29, 1.82) is 0 Å². The standard InChI is InChI=1S/C24H13NO5/c26-18-9-7-13-11-17(25-23(28)14-3-1-2-4-15(14)24(29)30)22-19(27)10-6-12-5-8-16(18)20(13)21(12)22/h1-11,27H,(H,29,30). The number of aromatic carboxylic acids is 1. The number of carbonyl (C=O) groups is 2. The predicted octanol–water partition coefficient (Wildman–Crippen LogP) is 3.48. The van der Waals surface area contributed by atoms with E-state index in [0.717, 1.165) is 5.39 Å². The van der Waals surface area contributed by atoms with Crippen LogP contribution in [0.15, 0.2) is 76.5 Å². The van der Waals surface area contributed by atoms with Crippen molar-refractivity contribution in [2.45, 2.75) is 0 Å². The van der Waals surface area contributed by atoms with Gasteiger partial charge in [0.15, 0.2) is 5.43 Å². The maximum absolute atomic E-state index is 12.9. The molecule has 0 atom stereocenters. The molecule has 0 fully saturated rings. The van der Waals surface area contributed by atoms with Gasteiger partial charge in [-0.05, 0) is 47.3 Å². The van der Waals surface area contributed by atoms with Crippen LogP contribution in [0.4, 0.5) is 0 Å². The first-order chi connectivity index (χ1) is 14.5. The number of phenolic OH excluding ortho intramolecular Hbond substituents is 1. The zero-order chi connectivity index (χ0) is 21.0. The first kappa shape index (κ1) is 17.8. The van der Waals surface area contributed by atoms with Crippen LogP contribution in [0.5, 0.6) is 5.75 Å². The molecule has 2 aliphatic rings. The molecule has 3 aromatic carbocycles. The van der Waals surface area contributed by atoms with Crippen LogP contribution in [0, 0.1) is 0 Å². The number of aromatic hydroxyl groups is 1. The lowest BCUT2D eigenvalue weighted by Gasteiger charge is -2.15. The van der Waals surface area contributed by atoms with Crippen molar-refractivity contribution in [2.24, 2.45) is 4.99 Å². The van der Waals surface area contributed by atoms with E-state index in [1.807, 2.05) is 0 Å². The molecule has 3 aromatic rings. The van der Waals surface area contributed by atoms with Crippen molar-refractivity contribution in [3.05, 3.63) is 93.4 Å². The molecule has 5 rings (SSSR count). The third-order valence-corrected chi connectivity index (χ3v) is 5.29. The second kappa shape index (κ2) is 6.35. The molecule has 0 unspecified atom stereocenters. The molecular weight excluding hydrogens is 382 g/mol. The van der Waals surface area contributed by atoms with Gasteiger partial charge in [-0.1, -0.05) is 30.3 Å². The number of hydrogen-bond donors (Lipinski definition) is 2. The quantitative estimate of drug-likeness (QED) is 0.446. The van der Waals surface area contributed by atoms with E-state index in [-0.39, 0.29) is 27.7 Å². The molecule has 6 nitrogen and oxygen atoms in total. The highest BCUT2D eigenvalue weighted by Gasteiger charge is 2.20. The van der Waals surface area contributed by atoms with E-state index in [2.05, 4.69) is 4.99 Å². The minimum absolute atomic E-state index is 0.0449. The third-order valence-electron chi connectivity index (χ3n) is 5.29. The van der Waals surface area contributed by atoms with Gasteiger partial charge < -0.3 is 10.2 Å². The van der Waals surface area contributed by atoms with Crippen LogP contribution in [0.25, 0.3) is 32.7 Å². The lowest BCUT2D eigenvalue weighted by Crippen LogP contribution is -2.14. The molecule has 2 N–H and O–H groups in total. The lowest BCUT2D eigenvalue weighted by atomic mass is 9.88. The van der Waals surface area contributed by atoms with Gasteiger partial charge in [-0.2, -0.15) is 0 Å². The monoisotopic (exact) mass is 395 g/mol. The Labute approximate surface area is 169 Å². The fraction of sp³-hybridized carbons (Fsp3) is 0. The van der Waals surface area contributed by atoms with E-state index in [1.54, 1.807) is 36.4 Å². The molecule has 0 saturated heterocycles. The summed E-state index contributed by atoms with van der Waals surface area (Å²) in [5.41, 5.74) is 1.07. The van der Waals surface area contributed by atoms with Crippen LogP contribution in [-0.2, 0) is 0 Å². The Hall–Kier alpha value is -4.32. The number of amides is 1. The number of phenols is 1. The summed E-state index contributed by atoms with van der Waals surface area (Å²) in [6.07, 6.45) is 0. The van der Waals surface area contributed by atoms with Gasteiger partial charge in [-0.25, -0.2) is 9.79 Å². The fourth-order valence-corrected chi connectivity index (χ4v) is 3.96. The van der Waals surface area contributed by atoms with Crippen molar-refractivity contribution in [2.75, 3.05) is 0 Å². The molecule has 0 bridgehead atoms. The van der Waals surface area contributed by atoms with Crippen LogP contribution < -0.4 is 10.8 Å². The van der Waals surface area contributed by atoms with Gasteiger partial charge >= 0.3 is 5.97 Å². The van der Waals surface area contributed by atoms with Crippen molar-refractivity contribution in [3.8, 4) is 16.9 Å². The van der Waals surface area contributed by atoms with Gasteiger partial charge in [0.2, 0.25) is 0 Å². The smallest absolute Gasteiger partial charge is 0.336 e. The van der Waals surface area contributed by atoms with Gasteiger partial charge in [0.1, 0.15) is 5.75 Å². The highest BCUT2D eigenvalue weighted by atomic mass is 16.4. The van der Waals surface area contributed by atoms with E-state index in [9.17, 15) is 24.6 Å². The van der Waals surface area contributed by atoms with Crippen LogP contribution >= 0.6 is 0 Å². The summed E-state index contributed by atoms with van der Waals surface area (Å²) < 4.78 is 0. The van der Waals surface area contributed by atoms with Crippen LogP contribution in [0.2, 0.25) is 0 Å². The van der Waals surface area contributed by atoms with Gasteiger partial charge in [0.05, 0.1) is 21.9 Å². The first-order valence-electron chi connectivity index (χ1n) is 9.14. The Morgan fingerprint density at radius 2 is 1.57 bits per heavy atom. The van der Waals surface area contributed by atoms with Crippen LogP contribution in [0.1, 0.15) is 20.7 Å². The Bertz CT molecular complexity index is 1570. The number of carboxylic acids is 1. The lowest BCUT2D eigenvalue weighted by molar-refractivity contribution is 0.0692. The Morgan fingerprint density at radius 1 is 0.833 bits per heavy atom. The highest BCUT2D eigenvalue weighted by Crippen LogP contribution is 2.38. The summed E-state index contributed by atoms with van der Waals surface area (Å²) in [5, 5.41) is 22.5. The van der Waals surface area contributed by atoms with Crippen molar-refractivity contribution in [1.82, 2.24) is 0 Å². The van der Waals surface area contributed by atoms with Crippen molar-refractivity contribution >= 4 is 33.4 Å². The van der Waals surface area contributed by atoms with Crippen molar-refractivity contribution in [3.63, 3.8) is 0 Å². The molecule has 1 amide bonds. The number of hydrogen-bond acceptors (Lipinski definition) is 4. The van der Waals surface area contributed by atoms with Gasteiger partial charge in [0.25, 0.3) is 5.91 Å². The molecule has 144 valence electrons. The minimum Gasteiger partial charge on any atom is -0.507 e. The minimum atomic E-state index is -1.23. The van der Waals surface area contributed by atoms with Gasteiger partial charge in [-0.15, -0.1) is 0 Å². The summed E-state index contributed by atoms with van der Waals surface area (Å²) in [5.74, 6) is -2.03. The summed E-state index contributed by atoms with van der Waals surface area (Å²) in [4.78, 5) is 40.8. The van der Waals surface area contributed by atoms with E-state index < -0.39 is 11.9 Å².